The molecule has 5 nitrogen and oxygen atoms in total. The maximum absolute atomic E-state index is 9.63. The van der Waals surface area contributed by atoms with E-state index in [9.17, 15) is 5.11 Å². The van der Waals surface area contributed by atoms with Crippen LogP contribution in [-0.4, -0.2) is 41.3 Å². The minimum absolute atomic E-state index is 0.447. The summed E-state index contributed by atoms with van der Waals surface area (Å²) in [6.07, 6.45) is 3.69. The minimum atomic E-state index is -0.447. The number of aliphatic hydroxyl groups excluding tert-OH is 1. The first-order valence-corrected chi connectivity index (χ1v) is 5.77. The average molecular weight is 222 g/mol. The van der Waals surface area contributed by atoms with Crippen LogP contribution < -0.4 is 10.2 Å². The highest BCUT2D eigenvalue weighted by Gasteiger charge is 2.13. The Bertz CT molecular complexity index is 321. The maximum Gasteiger partial charge on any atom is 0.225 e. The smallest absolute Gasteiger partial charge is 0.225 e. The third-order valence-electron chi connectivity index (χ3n) is 2.83. The van der Waals surface area contributed by atoms with Crippen molar-refractivity contribution in [3.63, 3.8) is 0 Å². The average Bonchev–Trinajstić information content (AvgIpc) is 2.39. The van der Waals surface area contributed by atoms with Crippen LogP contribution >= 0.6 is 0 Å². The summed E-state index contributed by atoms with van der Waals surface area (Å²) in [5.74, 6) is 0.758. The quantitative estimate of drug-likeness (QED) is 0.771. The van der Waals surface area contributed by atoms with Gasteiger partial charge in [0.25, 0.3) is 0 Å². The molecule has 88 valence electrons. The Kier molecular flexibility index (Phi) is 3.69. The van der Waals surface area contributed by atoms with E-state index in [1.54, 1.807) is 12.4 Å². The SMILES string of the molecule is CCC(O)c1cnc(N2CCNCC2)nc1. The van der Waals surface area contributed by atoms with E-state index in [-0.39, 0.29) is 0 Å². The predicted molar refractivity (Wildman–Crippen MR) is 62.4 cm³/mol. The Morgan fingerprint density at radius 2 is 2.00 bits per heavy atom. The zero-order valence-corrected chi connectivity index (χ0v) is 9.56. The van der Waals surface area contributed by atoms with E-state index < -0.39 is 6.10 Å². The Labute approximate surface area is 95.5 Å². The van der Waals surface area contributed by atoms with Gasteiger partial charge in [0.05, 0.1) is 6.10 Å². The number of hydrogen-bond acceptors (Lipinski definition) is 5. The fourth-order valence-corrected chi connectivity index (χ4v) is 1.77. The van der Waals surface area contributed by atoms with Crippen LogP contribution in [0.1, 0.15) is 25.0 Å². The van der Waals surface area contributed by atoms with Gasteiger partial charge >= 0.3 is 0 Å². The molecule has 1 saturated heterocycles. The number of hydrogen-bond donors (Lipinski definition) is 2. The fourth-order valence-electron chi connectivity index (χ4n) is 1.77. The molecule has 1 unspecified atom stereocenters. The molecule has 2 rings (SSSR count). The van der Waals surface area contributed by atoms with Crippen molar-refractivity contribution < 1.29 is 5.11 Å². The molecule has 1 aliphatic heterocycles. The summed E-state index contributed by atoms with van der Waals surface area (Å²) in [7, 11) is 0. The number of nitrogens with zero attached hydrogens (tertiary/aromatic N) is 3. The molecular weight excluding hydrogens is 204 g/mol. The standard InChI is InChI=1S/C11H18N4O/c1-2-10(16)9-7-13-11(14-8-9)15-5-3-12-4-6-15/h7-8,10,12,16H,2-6H2,1H3. The van der Waals surface area contributed by atoms with Gasteiger partial charge in [-0.2, -0.15) is 0 Å². The van der Waals surface area contributed by atoms with Crippen LogP contribution in [0, 0.1) is 0 Å². The highest BCUT2D eigenvalue weighted by Crippen LogP contribution is 2.15. The van der Waals surface area contributed by atoms with Crippen molar-refractivity contribution >= 4 is 5.95 Å². The summed E-state index contributed by atoms with van der Waals surface area (Å²) in [4.78, 5) is 10.7. The van der Waals surface area contributed by atoms with Gasteiger partial charge in [0.1, 0.15) is 0 Å². The first kappa shape index (κ1) is 11.3. The van der Waals surface area contributed by atoms with Gasteiger partial charge in [0.15, 0.2) is 0 Å². The summed E-state index contributed by atoms with van der Waals surface area (Å²) in [6, 6.07) is 0. The molecule has 0 radical (unpaired) electrons. The summed E-state index contributed by atoms with van der Waals surface area (Å²) >= 11 is 0. The van der Waals surface area contributed by atoms with Gasteiger partial charge in [0, 0.05) is 44.1 Å². The number of aliphatic hydroxyl groups is 1. The second-order valence-corrected chi connectivity index (χ2v) is 3.98. The zero-order chi connectivity index (χ0) is 11.4. The van der Waals surface area contributed by atoms with Crippen LogP contribution in [0.25, 0.3) is 0 Å². The second-order valence-electron chi connectivity index (χ2n) is 3.98. The lowest BCUT2D eigenvalue weighted by molar-refractivity contribution is 0.173. The maximum atomic E-state index is 9.63. The van der Waals surface area contributed by atoms with E-state index >= 15 is 0 Å². The minimum Gasteiger partial charge on any atom is -0.388 e. The van der Waals surface area contributed by atoms with Gasteiger partial charge in [-0.25, -0.2) is 9.97 Å². The molecule has 1 fully saturated rings. The molecule has 2 N–H and O–H groups in total. The van der Waals surface area contributed by atoms with E-state index in [1.807, 2.05) is 6.92 Å². The van der Waals surface area contributed by atoms with Crippen molar-refractivity contribution in [2.75, 3.05) is 31.1 Å². The lowest BCUT2D eigenvalue weighted by atomic mass is 10.1. The Morgan fingerprint density at radius 3 is 2.56 bits per heavy atom. The van der Waals surface area contributed by atoms with Crippen molar-refractivity contribution in [2.45, 2.75) is 19.4 Å². The molecule has 1 aromatic heterocycles. The highest BCUT2D eigenvalue weighted by atomic mass is 16.3. The monoisotopic (exact) mass is 222 g/mol. The van der Waals surface area contributed by atoms with Crippen molar-refractivity contribution in [3.05, 3.63) is 18.0 Å². The van der Waals surface area contributed by atoms with Crippen LogP contribution in [0.2, 0.25) is 0 Å². The molecule has 0 aromatic carbocycles. The number of nitrogens with one attached hydrogen (secondary N) is 1. The van der Waals surface area contributed by atoms with Gasteiger partial charge in [-0.1, -0.05) is 6.92 Å². The van der Waals surface area contributed by atoms with Crippen molar-refractivity contribution in [3.8, 4) is 0 Å². The van der Waals surface area contributed by atoms with Gasteiger partial charge in [-0.15, -0.1) is 0 Å². The molecule has 0 saturated carbocycles. The molecule has 0 amide bonds. The predicted octanol–water partition coefficient (Wildman–Crippen LogP) is 0.330. The molecule has 0 bridgehead atoms. The van der Waals surface area contributed by atoms with E-state index in [2.05, 4.69) is 20.2 Å². The summed E-state index contributed by atoms with van der Waals surface area (Å²) < 4.78 is 0. The molecule has 1 aromatic rings. The van der Waals surface area contributed by atoms with Crippen LogP contribution in [0.4, 0.5) is 5.95 Å². The van der Waals surface area contributed by atoms with E-state index in [0.717, 1.165) is 37.7 Å². The molecule has 5 heteroatoms. The van der Waals surface area contributed by atoms with Gasteiger partial charge < -0.3 is 15.3 Å². The summed E-state index contributed by atoms with van der Waals surface area (Å²) in [5.41, 5.74) is 0.793. The van der Waals surface area contributed by atoms with Gasteiger partial charge in [-0.3, -0.25) is 0 Å². The normalized spacial score (nSPS) is 18.5. The Balaban J connectivity index is 2.06. The Morgan fingerprint density at radius 1 is 1.38 bits per heavy atom. The number of piperazine rings is 1. The highest BCUT2D eigenvalue weighted by molar-refractivity contribution is 5.31. The largest absolute Gasteiger partial charge is 0.388 e. The van der Waals surface area contributed by atoms with E-state index in [0.29, 0.717) is 6.42 Å². The van der Waals surface area contributed by atoms with E-state index in [1.165, 1.54) is 0 Å². The molecule has 0 spiro atoms. The molecule has 0 aliphatic carbocycles. The summed E-state index contributed by atoms with van der Waals surface area (Å²) in [5, 5.41) is 12.9. The Hall–Kier alpha value is -1.20. The van der Waals surface area contributed by atoms with Crippen LogP contribution in [0.15, 0.2) is 12.4 Å². The number of anilines is 1. The van der Waals surface area contributed by atoms with Crippen molar-refractivity contribution in [1.82, 2.24) is 15.3 Å². The number of rotatable bonds is 3. The van der Waals surface area contributed by atoms with Gasteiger partial charge in [-0.05, 0) is 6.42 Å². The van der Waals surface area contributed by atoms with E-state index in [4.69, 9.17) is 0 Å². The second kappa shape index (κ2) is 5.23. The molecule has 1 atom stereocenters. The summed E-state index contributed by atoms with van der Waals surface area (Å²) in [6.45, 7) is 5.77. The lowest BCUT2D eigenvalue weighted by Gasteiger charge is -2.27. The first-order valence-electron chi connectivity index (χ1n) is 5.77. The number of aromatic nitrogens is 2. The van der Waals surface area contributed by atoms with Crippen LogP contribution in [0.3, 0.4) is 0 Å². The third-order valence-corrected chi connectivity index (χ3v) is 2.83. The van der Waals surface area contributed by atoms with Gasteiger partial charge in [0.2, 0.25) is 5.95 Å². The molecular formula is C11H18N4O. The van der Waals surface area contributed by atoms with Crippen molar-refractivity contribution in [2.24, 2.45) is 0 Å². The van der Waals surface area contributed by atoms with Crippen LogP contribution in [0.5, 0.6) is 0 Å². The topological polar surface area (TPSA) is 61.3 Å². The lowest BCUT2D eigenvalue weighted by Crippen LogP contribution is -2.44. The molecule has 16 heavy (non-hydrogen) atoms. The fraction of sp³-hybridized carbons (Fsp3) is 0.636. The van der Waals surface area contributed by atoms with Crippen molar-refractivity contribution in [1.29, 1.82) is 0 Å². The zero-order valence-electron chi connectivity index (χ0n) is 9.56. The molecule has 1 aliphatic rings. The van der Waals surface area contributed by atoms with Crippen LogP contribution in [-0.2, 0) is 0 Å². The third kappa shape index (κ3) is 2.48. The molecule has 2 heterocycles. The first-order chi connectivity index (χ1) is 7.81.